The van der Waals surface area contributed by atoms with Crippen molar-refractivity contribution in [3.63, 3.8) is 0 Å². The van der Waals surface area contributed by atoms with Crippen LogP contribution in [0.3, 0.4) is 0 Å². The average Bonchev–Trinajstić information content (AvgIpc) is 2.63. The number of carbonyl (C=O) groups is 2. The van der Waals surface area contributed by atoms with Crippen LogP contribution in [0.2, 0.25) is 0 Å². The lowest BCUT2D eigenvalue weighted by Crippen LogP contribution is -2.46. The summed E-state index contributed by atoms with van der Waals surface area (Å²) in [5, 5.41) is 3.07. The van der Waals surface area contributed by atoms with Crippen LogP contribution in [0.5, 0.6) is 0 Å². The van der Waals surface area contributed by atoms with Crippen molar-refractivity contribution in [3.8, 4) is 0 Å². The molecular weight excluding hydrogens is 318 g/mol. The molecule has 0 saturated heterocycles. The Balaban J connectivity index is 2.49. The van der Waals surface area contributed by atoms with Crippen LogP contribution in [-0.4, -0.2) is 30.6 Å². The summed E-state index contributed by atoms with van der Waals surface area (Å²) in [5.74, 6) is -0.673. The maximum atomic E-state index is 12.2. The normalized spacial score (nSPS) is 13.1. The fourth-order valence-electron chi connectivity index (χ4n) is 2.51. The Morgan fingerprint density at radius 1 is 1.00 bits per heavy atom. The van der Waals surface area contributed by atoms with E-state index in [4.69, 9.17) is 9.47 Å². The van der Waals surface area contributed by atoms with Gasteiger partial charge in [0.25, 0.3) is 0 Å². The molecule has 0 aliphatic carbocycles. The van der Waals surface area contributed by atoms with Gasteiger partial charge in [-0.2, -0.15) is 0 Å². The lowest BCUT2D eigenvalue weighted by atomic mass is 10.1. The van der Waals surface area contributed by atoms with Gasteiger partial charge in [-0.3, -0.25) is 14.9 Å². The van der Waals surface area contributed by atoms with Gasteiger partial charge in [0.1, 0.15) is 18.7 Å². The Morgan fingerprint density at radius 2 is 1.72 bits per heavy atom. The van der Waals surface area contributed by atoms with Crippen LogP contribution in [-0.2, 0) is 25.7 Å². The molecule has 2 atom stereocenters. The van der Waals surface area contributed by atoms with Crippen molar-refractivity contribution in [1.82, 2.24) is 5.32 Å². The molecule has 1 aromatic carbocycles. The molecular formula is C20H31NO4. The maximum absolute atomic E-state index is 12.2. The molecule has 0 bridgehead atoms. The van der Waals surface area contributed by atoms with Crippen molar-refractivity contribution < 1.29 is 19.1 Å². The number of hydrogen-bond donors (Lipinski definition) is 1. The molecule has 0 aliphatic rings. The van der Waals surface area contributed by atoms with Crippen LogP contribution in [0.4, 0.5) is 0 Å². The van der Waals surface area contributed by atoms with Crippen LogP contribution in [0.1, 0.15) is 58.4 Å². The van der Waals surface area contributed by atoms with E-state index in [1.165, 1.54) is 0 Å². The van der Waals surface area contributed by atoms with Gasteiger partial charge in [-0.05, 0) is 25.8 Å². The maximum Gasteiger partial charge on any atom is 0.323 e. The van der Waals surface area contributed by atoms with Crippen LogP contribution < -0.4 is 5.32 Å². The van der Waals surface area contributed by atoms with Gasteiger partial charge in [-0.15, -0.1) is 0 Å². The molecule has 0 aromatic heterocycles. The molecule has 0 fully saturated rings. The number of unbranched alkanes of at least 4 members (excludes halogenated alkanes) is 3. The first kappa shape index (κ1) is 21.2. The zero-order valence-electron chi connectivity index (χ0n) is 15.6. The molecule has 0 radical (unpaired) electrons. The number of nitrogens with one attached hydrogen (secondary N) is 1. The van der Waals surface area contributed by atoms with Gasteiger partial charge < -0.3 is 9.47 Å². The molecule has 0 heterocycles. The van der Waals surface area contributed by atoms with E-state index >= 15 is 0 Å². The van der Waals surface area contributed by atoms with Crippen molar-refractivity contribution in [2.24, 2.45) is 0 Å². The SMILES string of the molecule is CCCCCCC(N[C@@H](C)C(=O)OCc1ccccc1)C(=O)OCC. The number of rotatable bonds is 12. The highest BCUT2D eigenvalue weighted by Crippen LogP contribution is 2.09. The lowest BCUT2D eigenvalue weighted by Gasteiger charge is -2.21. The van der Waals surface area contributed by atoms with Crippen molar-refractivity contribution >= 4 is 11.9 Å². The summed E-state index contributed by atoms with van der Waals surface area (Å²) in [6.07, 6.45) is 4.94. The second-order valence-corrected chi connectivity index (χ2v) is 6.14. The first-order valence-electron chi connectivity index (χ1n) is 9.21. The standard InChI is InChI=1S/C20H31NO4/c1-4-6-7-11-14-18(20(23)24-5-2)21-16(3)19(22)25-15-17-12-9-8-10-13-17/h8-10,12-13,16,18,21H,4-7,11,14-15H2,1-3H3/t16-,18?/m0/s1. The van der Waals surface area contributed by atoms with Gasteiger partial charge >= 0.3 is 11.9 Å². The predicted octanol–water partition coefficient (Wildman–Crippen LogP) is 3.61. The van der Waals surface area contributed by atoms with Crippen molar-refractivity contribution in [1.29, 1.82) is 0 Å². The van der Waals surface area contributed by atoms with E-state index in [1.807, 2.05) is 30.3 Å². The van der Waals surface area contributed by atoms with Gasteiger partial charge in [-0.1, -0.05) is 62.9 Å². The lowest BCUT2D eigenvalue weighted by molar-refractivity contribution is -0.149. The third-order valence-corrected chi connectivity index (χ3v) is 3.95. The molecule has 25 heavy (non-hydrogen) atoms. The zero-order chi connectivity index (χ0) is 18.5. The minimum absolute atomic E-state index is 0.228. The summed E-state index contributed by atoms with van der Waals surface area (Å²) in [6, 6.07) is 8.48. The minimum atomic E-state index is -0.565. The highest BCUT2D eigenvalue weighted by Gasteiger charge is 2.25. The second kappa shape index (κ2) is 12.5. The van der Waals surface area contributed by atoms with Gasteiger partial charge in [0.05, 0.1) is 6.61 Å². The van der Waals surface area contributed by atoms with E-state index in [9.17, 15) is 9.59 Å². The summed E-state index contributed by atoms with van der Waals surface area (Å²) in [7, 11) is 0. The van der Waals surface area contributed by atoms with E-state index in [2.05, 4.69) is 12.2 Å². The van der Waals surface area contributed by atoms with Crippen molar-refractivity contribution in [2.75, 3.05) is 6.61 Å². The fraction of sp³-hybridized carbons (Fsp3) is 0.600. The molecule has 1 N–H and O–H groups in total. The summed E-state index contributed by atoms with van der Waals surface area (Å²) in [4.78, 5) is 24.3. The first-order chi connectivity index (χ1) is 12.1. The van der Waals surface area contributed by atoms with E-state index in [1.54, 1.807) is 13.8 Å². The molecule has 0 saturated carbocycles. The molecule has 140 valence electrons. The van der Waals surface area contributed by atoms with Crippen LogP contribution in [0, 0.1) is 0 Å². The number of carbonyl (C=O) groups excluding carboxylic acids is 2. The predicted molar refractivity (Wildman–Crippen MR) is 98.0 cm³/mol. The van der Waals surface area contributed by atoms with Gasteiger partial charge in [0.15, 0.2) is 0 Å². The molecule has 1 rings (SSSR count). The molecule has 1 aromatic rings. The molecule has 0 spiro atoms. The highest BCUT2D eigenvalue weighted by atomic mass is 16.5. The molecule has 0 amide bonds. The highest BCUT2D eigenvalue weighted by molar-refractivity contribution is 5.79. The van der Waals surface area contributed by atoms with Crippen molar-refractivity contribution in [2.45, 2.75) is 71.6 Å². The van der Waals surface area contributed by atoms with Crippen LogP contribution in [0.15, 0.2) is 30.3 Å². The third-order valence-electron chi connectivity index (χ3n) is 3.95. The van der Waals surface area contributed by atoms with E-state index in [0.717, 1.165) is 31.2 Å². The Bertz CT molecular complexity index is 504. The van der Waals surface area contributed by atoms with Crippen LogP contribution in [0.25, 0.3) is 0 Å². The number of benzene rings is 1. The van der Waals surface area contributed by atoms with E-state index in [0.29, 0.717) is 13.0 Å². The van der Waals surface area contributed by atoms with Gasteiger partial charge in [0, 0.05) is 0 Å². The number of esters is 2. The van der Waals surface area contributed by atoms with Gasteiger partial charge in [0.2, 0.25) is 0 Å². The fourth-order valence-corrected chi connectivity index (χ4v) is 2.51. The quantitative estimate of drug-likeness (QED) is 0.461. The first-order valence-corrected chi connectivity index (χ1v) is 9.21. The number of ether oxygens (including phenoxy) is 2. The zero-order valence-corrected chi connectivity index (χ0v) is 15.6. The topological polar surface area (TPSA) is 64.6 Å². The Morgan fingerprint density at radius 3 is 2.36 bits per heavy atom. The molecule has 1 unspecified atom stereocenters. The smallest absolute Gasteiger partial charge is 0.323 e. The largest absolute Gasteiger partial charge is 0.465 e. The molecule has 5 nitrogen and oxygen atoms in total. The van der Waals surface area contributed by atoms with Crippen LogP contribution >= 0.6 is 0 Å². The number of hydrogen-bond acceptors (Lipinski definition) is 5. The second-order valence-electron chi connectivity index (χ2n) is 6.14. The average molecular weight is 349 g/mol. The summed E-state index contributed by atoms with van der Waals surface area (Å²) in [5.41, 5.74) is 0.935. The molecule has 0 aliphatic heterocycles. The summed E-state index contributed by atoms with van der Waals surface area (Å²) >= 11 is 0. The Kier molecular flexibility index (Phi) is 10.6. The van der Waals surface area contributed by atoms with Crippen molar-refractivity contribution in [3.05, 3.63) is 35.9 Å². The monoisotopic (exact) mass is 349 g/mol. The Hall–Kier alpha value is -1.88. The van der Waals surface area contributed by atoms with Gasteiger partial charge in [-0.25, -0.2) is 0 Å². The molecule has 5 heteroatoms. The summed E-state index contributed by atoms with van der Waals surface area (Å²) in [6.45, 7) is 6.20. The summed E-state index contributed by atoms with van der Waals surface area (Å²) < 4.78 is 10.4. The minimum Gasteiger partial charge on any atom is -0.465 e. The van der Waals surface area contributed by atoms with E-state index < -0.39 is 12.1 Å². The third kappa shape index (κ3) is 8.68. The Labute approximate surface area is 151 Å². The van der Waals surface area contributed by atoms with E-state index in [-0.39, 0.29) is 18.5 Å².